The third kappa shape index (κ3) is 2.84. The Balaban J connectivity index is 2.01. The Bertz CT molecular complexity index is 418. The van der Waals surface area contributed by atoms with Crippen molar-refractivity contribution in [3.05, 3.63) is 29.3 Å². The van der Waals surface area contributed by atoms with Gasteiger partial charge in [0, 0.05) is 5.69 Å². The molecule has 92 valence electrons. The van der Waals surface area contributed by atoms with Gasteiger partial charge in [0.1, 0.15) is 0 Å². The molecule has 0 saturated heterocycles. The summed E-state index contributed by atoms with van der Waals surface area (Å²) >= 11 is 0. The zero-order valence-corrected chi connectivity index (χ0v) is 10.0. The Hall–Kier alpha value is -1.39. The Labute approximate surface area is 101 Å². The molecule has 1 aromatic carbocycles. The molecule has 2 rings (SSSR count). The Morgan fingerprint density at radius 1 is 1.47 bits per heavy atom. The largest absolute Gasteiger partial charge is 0.372 e. The van der Waals surface area contributed by atoms with E-state index < -0.39 is 6.04 Å². The van der Waals surface area contributed by atoms with Crippen LogP contribution in [0.25, 0.3) is 0 Å². The van der Waals surface area contributed by atoms with Gasteiger partial charge in [-0.2, -0.15) is 0 Å². The van der Waals surface area contributed by atoms with Crippen LogP contribution in [0.3, 0.4) is 0 Å². The maximum Gasteiger partial charge on any atom is 0.241 e. The van der Waals surface area contributed by atoms with Crippen LogP contribution in [0.15, 0.2) is 18.2 Å². The molecule has 0 aliphatic carbocycles. The second kappa shape index (κ2) is 5.29. The highest BCUT2D eigenvalue weighted by molar-refractivity contribution is 5.94. The first-order valence-corrected chi connectivity index (χ1v) is 5.96. The van der Waals surface area contributed by atoms with Gasteiger partial charge in [0.05, 0.1) is 19.3 Å². The van der Waals surface area contributed by atoms with Gasteiger partial charge < -0.3 is 15.8 Å². The van der Waals surface area contributed by atoms with Crippen LogP contribution in [0.1, 0.15) is 30.9 Å². The number of nitrogens with one attached hydrogen (secondary N) is 1. The topological polar surface area (TPSA) is 64.4 Å². The maximum absolute atomic E-state index is 11.7. The number of hydrogen-bond donors (Lipinski definition) is 2. The fourth-order valence-corrected chi connectivity index (χ4v) is 1.93. The number of anilines is 1. The normalized spacial score (nSPS) is 15.4. The lowest BCUT2D eigenvalue weighted by molar-refractivity contribution is -0.117. The Kier molecular flexibility index (Phi) is 3.76. The van der Waals surface area contributed by atoms with Gasteiger partial charge in [-0.1, -0.05) is 19.4 Å². The van der Waals surface area contributed by atoms with Gasteiger partial charge in [0.2, 0.25) is 5.91 Å². The molecule has 1 amide bonds. The van der Waals surface area contributed by atoms with Crippen LogP contribution in [0, 0.1) is 0 Å². The van der Waals surface area contributed by atoms with E-state index in [2.05, 4.69) is 5.32 Å². The molecule has 4 nitrogen and oxygen atoms in total. The fourth-order valence-electron chi connectivity index (χ4n) is 1.93. The van der Waals surface area contributed by atoms with E-state index in [1.54, 1.807) is 0 Å². The summed E-state index contributed by atoms with van der Waals surface area (Å²) in [5.74, 6) is -0.120. The summed E-state index contributed by atoms with van der Waals surface area (Å²) in [6.45, 7) is 3.30. The minimum Gasteiger partial charge on any atom is -0.372 e. The van der Waals surface area contributed by atoms with Gasteiger partial charge in [-0.05, 0) is 29.7 Å². The lowest BCUT2D eigenvalue weighted by atomic mass is 10.1. The highest BCUT2D eigenvalue weighted by atomic mass is 16.5. The SMILES string of the molecule is CCC[C@@H](N)C(=O)Nc1ccc2c(c1)COC2. The van der Waals surface area contributed by atoms with E-state index in [4.69, 9.17) is 10.5 Å². The average molecular weight is 234 g/mol. The first kappa shape index (κ1) is 12.1. The van der Waals surface area contributed by atoms with Crippen LogP contribution in [0.5, 0.6) is 0 Å². The molecule has 1 heterocycles. The van der Waals surface area contributed by atoms with Crippen molar-refractivity contribution in [1.82, 2.24) is 0 Å². The van der Waals surface area contributed by atoms with E-state index in [1.807, 2.05) is 25.1 Å². The molecule has 1 atom stereocenters. The standard InChI is InChI=1S/C13H18N2O2/c1-2-3-12(14)13(16)15-11-5-4-9-7-17-8-10(9)6-11/h4-6,12H,2-3,7-8,14H2,1H3,(H,15,16)/t12-/m1/s1. The van der Waals surface area contributed by atoms with Gasteiger partial charge in [-0.25, -0.2) is 0 Å². The second-order valence-electron chi connectivity index (χ2n) is 4.36. The quantitative estimate of drug-likeness (QED) is 0.834. The molecule has 0 bridgehead atoms. The van der Waals surface area contributed by atoms with Gasteiger partial charge in [0.25, 0.3) is 0 Å². The fraction of sp³-hybridized carbons (Fsp3) is 0.462. The number of rotatable bonds is 4. The molecule has 0 spiro atoms. The molecule has 1 aliphatic heterocycles. The van der Waals surface area contributed by atoms with Crippen molar-refractivity contribution in [2.24, 2.45) is 5.73 Å². The molecular formula is C13H18N2O2. The van der Waals surface area contributed by atoms with Crippen LogP contribution in [-0.4, -0.2) is 11.9 Å². The minimum atomic E-state index is -0.426. The summed E-state index contributed by atoms with van der Waals surface area (Å²) in [4.78, 5) is 11.7. The molecule has 0 aromatic heterocycles. The van der Waals surface area contributed by atoms with Gasteiger partial charge in [0.15, 0.2) is 0 Å². The van der Waals surface area contributed by atoms with Crippen molar-refractivity contribution < 1.29 is 9.53 Å². The number of ether oxygens (including phenoxy) is 1. The van der Waals surface area contributed by atoms with Gasteiger partial charge in [-0.15, -0.1) is 0 Å². The minimum absolute atomic E-state index is 0.120. The summed E-state index contributed by atoms with van der Waals surface area (Å²) < 4.78 is 5.32. The van der Waals surface area contributed by atoms with E-state index >= 15 is 0 Å². The lowest BCUT2D eigenvalue weighted by Crippen LogP contribution is -2.35. The van der Waals surface area contributed by atoms with E-state index in [1.165, 1.54) is 5.56 Å². The lowest BCUT2D eigenvalue weighted by Gasteiger charge is -2.11. The van der Waals surface area contributed by atoms with Crippen LogP contribution < -0.4 is 11.1 Å². The van der Waals surface area contributed by atoms with E-state index in [-0.39, 0.29) is 5.91 Å². The summed E-state index contributed by atoms with van der Waals surface area (Å²) in [5, 5.41) is 2.84. The van der Waals surface area contributed by atoms with Crippen molar-refractivity contribution in [3.63, 3.8) is 0 Å². The van der Waals surface area contributed by atoms with Crippen LogP contribution >= 0.6 is 0 Å². The Morgan fingerprint density at radius 3 is 3.00 bits per heavy atom. The van der Waals surface area contributed by atoms with Crippen molar-refractivity contribution >= 4 is 11.6 Å². The summed E-state index contributed by atoms with van der Waals surface area (Å²) in [6.07, 6.45) is 1.62. The molecule has 4 heteroatoms. The van der Waals surface area contributed by atoms with E-state index in [0.717, 1.165) is 17.7 Å². The molecule has 1 aliphatic rings. The number of carbonyl (C=O) groups excluding carboxylic acids is 1. The zero-order chi connectivity index (χ0) is 12.3. The van der Waals surface area contributed by atoms with Crippen molar-refractivity contribution in [2.45, 2.75) is 39.0 Å². The molecule has 17 heavy (non-hydrogen) atoms. The monoisotopic (exact) mass is 234 g/mol. The molecule has 3 N–H and O–H groups in total. The predicted molar refractivity (Wildman–Crippen MR) is 66.4 cm³/mol. The smallest absolute Gasteiger partial charge is 0.241 e. The van der Waals surface area contributed by atoms with Gasteiger partial charge in [-0.3, -0.25) is 4.79 Å². The van der Waals surface area contributed by atoms with Crippen LogP contribution in [-0.2, 0) is 22.7 Å². The summed E-state index contributed by atoms with van der Waals surface area (Å²) in [6, 6.07) is 5.41. The number of carbonyl (C=O) groups is 1. The predicted octanol–water partition coefficient (Wildman–Crippen LogP) is 1.78. The highest BCUT2D eigenvalue weighted by Gasteiger charge is 2.15. The van der Waals surface area contributed by atoms with Crippen molar-refractivity contribution in [1.29, 1.82) is 0 Å². The molecular weight excluding hydrogens is 216 g/mol. The van der Waals surface area contributed by atoms with E-state index in [9.17, 15) is 4.79 Å². The third-order valence-electron chi connectivity index (χ3n) is 2.93. The van der Waals surface area contributed by atoms with Gasteiger partial charge >= 0.3 is 0 Å². The molecule has 0 saturated carbocycles. The number of benzene rings is 1. The number of hydrogen-bond acceptors (Lipinski definition) is 3. The average Bonchev–Trinajstić information content (AvgIpc) is 2.76. The summed E-state index contributed by atoms with van der Waals surface area (Å²) in [5.41, 5.74) is 8.89. The summed E-state index contributed by atoms with van der Waals surface area (Å²) in [7, 11) is 0. The highest BCUT2D eigenvalue weighted by Crippen LogP contribution is 2.23. The third-order valence-corrected chi connectivity index (χ3v) is 2.93. The van der Waals surface area contributed by atoms with E-state index in [0.29, 0.717) is 19.6 Å². The van der Waals surface area contributed by atoms with Crippen molar-refractivity contribution in [3.8, 4) is 0 Å². The molecule has 1 aromatic rings. The van der Waals surface area contributed by atoms with Crippen LogP contribution in [0.4, 0.5) is 5.69 Å². The van der Waals surface area contributed by atoms with Crippen LogP contribution in [0.2, 0.25) is 0 Å². The Morgan fingerprint density at radius 2 is 2.24 bits per heavy atom. The molecule has 0 unspecified atom stereocenters. The number of nitrogens with two attached hydrogens (primary N) is 1. The number of fused-ring (bicyclic) bond motifs is 1. The molecule has 0 fully saturated rings. The number of amides is 1. The molecule has 0 radical (unpaired) electrons. The van der Waals surface area contributed by atoms with Crippen molar-refractivity contribution in [2.75, 3.05) is 5.32 Å². The maximum atomic E-state index is 11.7. The second-order valence-corrected chi connectivity index (χ2v) is 4.36. The zero-order valence-electron chi connectivity index (χ0n) is 10.0. The first-order chi connectivity index (χ1) is 8.20. The first-order valence-electron chi connectivity index (χ1n) is 5.96.